The first-order valence-corrected chi connectivity index (χ1v) is 7.94. The number of allylic oxidation sites excluding steroid dienone is 4. The lowest BCUT2D eigenvalue weighted by molar-refractivity contribution is -0.0445. The Bertz CT molecular complexity index is 258. The van der Waals surface area contributed by atoms with Gasteiger partial charge in [0, 0.05) is 6.61 Å². The van der Waals surface area contributed by atoms with E-state index in [1.807, 2.05) is 0 Å². The lowest BCUT2D eigenvalue weighted by Crippen LogP contribution is -2.29. The molecule has 0 amide bonds. The Hall–Kier alpha value is -0.600. The van der Waals surface area contributed by atoms with Gasteiger partial charge in [-0.2, -0.15) is 0 Å². The zero-order valence-corrected chi connectivity index (χ0v) is 12.4. The molecule has 110 valence electrons. The van der Waals surface area contributed by atoms with Crippen LogP contribution in [0.1, 0.15) is 64.7 Å². The molecule has 0 saturated carbocycles. The van der Waals surface area contributed by atoms with Crippen LogP contribution in [-0.4, -0.2) is 23.9 Å². The number of rotatable bonds is 5. The Labute approximate surface area is 118 Å². The molecule has 0 spiro atoms. The summed E-state index contributed by atoms with van der Waals surface area (Å²) in [7, 11) is 0. The molecule has 0 aliphatic heterocycles. The fourth-order valence-corrected chi connectivity index (χ4v) is 2.35. The van der Waals surface area contributed by atoms with Crippen molar-refractivity contribution in [1.82, 2.24) is 0 Å². The van der Waals surface area contributed by atoms with Crippen LogP contribution in [0.15, 0.2) is 24.3 Å². The minimum atomic E-state index is -0.320. The van der Waals surface area contributed by atoms with Crippen LogP contribution in [-0.2, 0) is 4.74 Å². The van der Waals surface area contributed by atoms with Crippen molar-refractivity contribution in [3.63, 3.8) is 0 Å². The van der Waals surface area contributed by atoms with Crippen molar-refractivity contribution in [3.8, 4) is 0 Å². The maximum Gasteiger partial charge on any atom is 0.0836 e. The molecule has 2 nitrogen and oxygen atoms in total. The molecule has 19 heavy (non-hydrogen) atoms. The predicted molar refractivity (Wildman–Crippen MR) is 81.3 cm³/mol. The van der Waals surface area contributed by atoms with Gasteiger partial charge in [0.2, 0.25) is 0 Å². The molecule has 0 heterocycles. The van der Waals surface area contributed by atoms with Gasteiger partial charge in [-0.1, -0.05) is 44.1 Å². The molecule has 0 bridgehead atoms. The fourth-order valence-electron chi connectivity index (χ4n) is 2.35. The van der Waals surface area contributed by atoms with E-state index in [-0.39, 0.29) is 12.2 Å². The average Bonchev–Trinajstić information content (AvgIpc) is 2.41. The van der Waals surface area contributed by atoms with Crippen molar-refractivity contribution in [2.45, 2.75) is 76.9 Å². The quantitative estimate of drug-likeness (QED) is 0.591. The topological polar surface area (TPSA) is 29.5 Å². The van der Waals surface area contributed by atoms with Gasteiger partial charge in [-0.05, 0) is 44.9 Å². The highest BCUT2D eigenvalue weighted by Gasteiger charge is 2.18. The van der Waals surface area contributed by atoms with Crippen LogP contribution in [0.4, 0.5) is 0 Å². The Morgan fingerprint density at radius 1 is 0.947 bits per heavy atom. The molecule has 1 N–H and O–H groups in total. The predicted octanol–water partition coefficient (Wildman–Crippen LogP) is 4.39. The summed E-state index contributed by atoms with van der Waals surface area (Å²) in [5.74, 6) is 0. The van der Waals surface area contributed by atoms with Crippen LogP contribution < -0.4 is 0 Å². The molecule has 1 aliphatic rings. The summed E-state index contributed by atoms with van der Waals surface area (Å²) in [5, 5.41) is 10.2. The van der Waals surface area contributed by atoms with Crippen LogP contribution in [0.25, 0.3) is 0 Å². The van der Waals surface area contributed by atoms with Gasteiger partial charge in [-0.25, -0.2) is 0 Å². The van der Waals surface area contributed by atoms with E-state index in [0.717, 1.165) is 51.6 Å². The van der Waals surface area contributed by atoms with E-state index in [1.165, 1.54) is 12.8 Å². The van der Waals surface area contributed by atoms with Gasteiger partial charge in [-0.15, -0.1) is 0 Å². The highest BCUT2D eigenvalue weighted by molar-refractivity contribution is 4.90. The van der Waals surface area contributed by atoms with Crippen LogP contribution in [0, 0.1) is 0 Å². The second-order valence-corrected chi connectivity index (χ2v) is 5.36. The number of hydrogen-bond acceptors (Lipinski definition) is 2. The number of unbranched alkanes of at least 4 members (excludes halogenated alkanes) is 2. The molecular weight excluding hydrogens is 236 g/mol. The molecule has 2 heteroatoms. The Kier molecular flexibility index (Phi) is 9.74. The summed E-state index contributed by atoms with van der Waals surface area (Å²) in [6.45, 7) is 2.98. The highest BCUT2D eigenvalue weighted by atomic mass is 16.5. The first-order valence-electron chi connectivity index (χ1n) is 7.94. The molecule has 1 aliphatic carbocycles. The van der Waals surface area contributed by atoms with E-state index >= 15 is 0 Å². The van der Waals surface area contributed by atoms with Crippen molar-refractivity contribution in [2.75, 3.05) is 6.61 Å². The van der Waals surface area contributed by atoms with Gasteiger partial charge < -0.3 is 9.84 Å². The molecule has 0 fully saturated rings. The maximum atomic E-state index is 10.2. The van der Waals surface area contributed by atoms with Gasteiger partial charge in [-0.3, -0.25) is 0 Å². The van der Waals surface area contributed by atoms with Gasteiger partial charge in [0.15, 0.2) is 0 Å². The maximum absolute atomic E-state index is 10.2. The minimum absolute atomic E-state index is 0.00864. The number of aliphatic hydroxyl groups is 1. The fraction of sp³-hybridized carbons (Fsp3) is 0.765. The van der Waals surface area contributed by atoms with E-state index in [9.17, 15) is 5.11 Å². The number of hydrogen-bond donors (Lipinski definition) is 1. The number of aliphatic hydroxyl groups excluding tert-OH is 1. The average molecular weight is 266 g/mol. The van der Waals surface area contributed by atoms with E-state index in [2.05, 4.69) is 31.2 Å². The Balaban J connectivity index is 2.38. The van der Waals surface area contributed by atoms with Crippen molar-refractivity contribution in [1.29, 1.82) is 0 Å². The van der Waals surface area contributed by atoms with Crippen molar-refractivity contribution in [2.24, 2.45) is 0 Å². The first kappa shape index (κ1) is 16.5. The third kappa shape index (κ3) is 8.22. The van der Waals surface area contributed by atoms with Gasteiger partial charge >= 0.3 is 0 Å². The lowest BCUT2D eigenvalue weighted by atomic mass is 10.0. The molecule has 0 saturated heterocycles. The van der Waals surface area contributed by atoms with Gasteiger partial charge in [0.05, 0.1) is 12.2 Å². The smallest absolute Gasteiger partial charge is 0.0836 e. The second kappa shape index (κ2) is 11.2. The monoisotopic (exact) mass is 266 g/mol. The van der Waals surface area contributed by atoms with Crippen molar-refractivity contribution >= 4 is 0 Å². The Morgan fingerprint density at radius 3 is 2.26 bits per heavy atom. The normalized spacial score (nSPS) is 29.2. The SMILES string of the molecule is CCCCCOC1CC/C=C\CC/C=C\CCC1O. The molecule has 2 unspecified atom stereocenters. The van der Waals surface area contributed by atoms with E-state index < -0.39 is 0 Å². The van der Waals surface area contributed by atoms with Crippen LogP contribution in [0.2, 0.25) is 0 Å². The molecule has 2 atom stereocenters. The van der Waals surface area contributed by atoms with Gasteiger partial charge in [0.1, 0.15) is 0 Å². The zero-order chi connectivity index (χ0) is 13.8. The molecular formula is C17H30O2. The van der Waals surface area contributed by atoms with E-state index in [1.54, 1.807) is 0 Å². The summed E-state index contributed by atoms with van der Waals surface area (Å²) in [4.78, 5) is 0. The highest BCUT2D eigenvalue weighted by Crippen LogP contribution is 2.15. The third-order valence-corrected chi connectivity index (χ3v) is 3.59. The summed E-state index contributed by atoms with van der Waals surface area (Å²) in [5.41, 5.74) is 0. The lowest BCUT2D eigenvalue weighted by Gasteiger charge is -2.23. The van der Waals surface area contributed by atoms with Crippen molar-refractivity contribution < 1.29 is 9.84 Å². The van der Waals surface area contributed by atoms with E-state index in [4.69, 9.17) is 4.74 Å². The summed E-state index contributed by atoms with van der Waals surface area (Å²) < 4.78 is 5.89. The number of ether oxygens (including phenoxy) is 1. The second-order valence-electron chi connectivity index (χ2n) is 5.36. The van der Waals surface area contributed by atoms with Crippen molar-refractivity contribution in [3.05, 3.63) is 24.3 Å². The summed E-state index contributed by atoms with van der Waals surface area (Å²) >= 11 is 0. The molecule has 0 radical (unpaired) electrons. The first-order chi connectivity index (χ1) is 9.34. The Morgan fingerprint density at radius 2 is 1.58 bits per heavy atom. The van der Waals surface area contributed by atoms with E-state index in [0.29, 0.717) is 0 Å². The van der Waals surface area contributed by atoms with Gasteiger partial charge in [0.25, 0.3) is 0 Å². The van der Waals surface area contributed by atoms with Crippen LogP contribution in [0.5, 0.6) is 0 Å². The standard InChI is InChI=1S/C17H30O2/c1-2-3-12-15-19-17-14-11-9-7-5-4-6-8-10-13-16(17)18/h6-9,16-18H,2-5,10-15H2,1H3/b8-6-,9-7-. The molecule has 0 aromatic carbocycles. The minimum Gasteiger partial charge on any atom is -0.390 e. The molecule has 0 aromatic heterocycles. The van der Waals surface area contributed by atoms with Crippen LogP contribution in [0.3, 0.4) is 0 Å². The summed E-state index contributed by atoms with van der Waals surface area (Å²) in [6, 6.07) is 0. The summed E-state index contributed by atoms with van der Waals surface area (Å²) in [6.07, 6.45) is 18.1. The largest absolute Gasteiger partial charge is 0.390 e. The molecule has 0 aromatic rings. The zero-order valence-electron chi connectivity index (χ0n) is 12.4. The van der Waals surface area contributed by atoms with Crippen LogP contribution >= 0.6 is 0 Å². The third-order valence-electron chi connectivity index (χ3n) is 3.59. The molecule has 1 rings (SSSR count).